The van der Waals surface area contributed by atoms with E-state index in [0.717, 1.165) is 12.8 Å². The van der Waals surface area contributed by atoms with E-state index in [4.69, 9.17) is 0 Å². The van der Waals surface area contributed by atoms with Gasteiger partial charge in [0.15, 0.2) is 0 Å². The van der Waals surface area contributed by atoms with Crippen molar-refractivity contribution in [3.8, 4) is 6.07 Å². The molecule has 0 saturated carbocycles. The molecule has 1 amide bonds. The van der Waals surface area contributed by atoms with Crippen LogP contribution in [-0.2, 0) is 4.79 Å². The Labute approximate surface area is 117 Å². The Balaban J connectivity index is 5.21. The van der Waals surface area contributed by atoms with Crippen molar-refractivity contribution in [1.29, 1.82) is 5.26 Å². The van der Waals surface area contributed by atoms with Crippen LogP contribution in [0.2, 0.25) is 0 Å². The summed E-state index contributed by atoms with van der Waals surface area (Å²) in [6, 6.07) is 2.24. The first kappa shape index (κ1) is 17.9. The first-order valence-electron chi connectivity index (χ1n) is 7.19. The van der Waals surface area contributed by atoms with Crippen LogP contribution in [0, 0.1) is 16.7 Å². The molecule has 0 radical (unpaired) electrons. The standard InChI is InChI=1S/C15H28N2O2/c1-6-9-15(11-16,10-7-2)13(18)17(8-3)12-14(4,5)19/h19H,6-10,12H2,1-5H3. The molecule has 0 aromatic carbocycles. The van der Waals surface area contributed by atoms with Crippen molar-refractivity contribution in [2.24, 2.45) is 5.41 Å². The van der Waals surface area contributed by atoms with Crippen LogP contribution >= 0.6 is 0 Å². The average Bonchev–Trinajstić information content (AvgIpc) is 2.33. The van der Waals surface area contributed by atoms with Gasteiger partial charge >= 0.3 is 0 Å². The largest absolute Gasteiger partial charge is 0.389 e. The highest BCUT2D eigenvalue weighted by Gasteiger charge is 2.40. The van der Waals surface area contributed by atoms with Gasteiger partial charge in [-0.2, -0.15) is 5.26 Å². The second-order valence-corrected chi connectivity index (χ2v) is 5.83. The SMILES string of the molecule is CCCC(C#N)(CCC)C(=O)N(CC)CC(C)(C)O. The molecule has 0 aromatic rings. The number of likely N-dealkylation sites (N-methyl/N-ethyl adjacent to an activating group) is 1. The molecule has 0 rings (SSSR count). The molecule has 4 nitrogen and oxygen atoms in total. The minimum absolute atomic E-state index is 0.136. The molecule has 19 heavy (non-hydrogen) atoms. The molecule has 0 aliphatic heterocycles. The molecule has 0 saturated heterocycles. The smallest absolute Gasteiger partial charge is 0.243 e. The van der Waals surface area contributed by atoms with E-state index in [2.05, 4.69) is 6.07 Å². The Morgan fingerprint density at radius 1 is 1.21 bits per heavy atom. The Morgan fingerprint density at radius 3 is 1.95 bits per heavy atom. The van der Waals surface area contributed by atoms with Gasteiger partial charge in [0.25, 0.3) is 0 Å². The van der Waals surface area contributed by atoms with Crippen molar-refractivity contribution in [3.05, 3.63) is 0 Å². The van der Waals surface area contributed by atoms with Gasteiger partial charge in [-0.3, -0.25) is 4.79 Å². The molecule has 0 bridgehead atoms. The molecule has 0 unspecified atom stereocenters. The van der Waals surface area contributed by atoms with Crippen molar-refractivity contribution >= 4 is 5.91 Å². The molecule has 0 aliphatic carbocycles. The predicted molar refractivity (Wildman–Crippen MR) is 76.4 cm³/mol. The topological polar surface area (TPSA) is 64.3 Å². The van der Waals surface area contributed by atoms with Crippen LogP contribution in [0.4, 0.5) is 0 Å². The summed E-state index contributed by atoms with van der Waals surface area (Å²) in [6.45, 7) is 9.98. The number of nitriles is 1. The average molecular weight is 268 g/mol. The van der Waals surface area contributed by atoms with Gasteiger partial charge in [0.2, 0.25) is 5.91 Å². The van der Waals surface area contributed by atoms with Gasteiger partial charge in [0, 0.05) is 13.1 Å². The summed E-state index contributed by atoms with van der Waals surface area (Å²) in [5, 5.41) is 19.4. The maximum atomic E-state index is 12.7. The number of nitrogens with zero attached hydrogens (tertiary/aromatic N) is 2. The number of hydrogen-bond acceptors (Lipinski definition) is 3. The van der Waals surface area contributed by atoms with Gasteiger partial charge in [-0.25, -0.2) is 0 Å². The normalized spacial score (nSPS) is 12.1. The fourth-order valence-corrected chi connectivity index (χ4v) is 2.45. The van der Waals surface area contributed by atoms with Crippen molar-refractivity contribution in [3.63, 3.8) is 0 Å². The third-order valence-corrected chi connectivity index (χ3v) is 3.22. The summed E-state index contributed by atoms with van der Waals surface area (Å²) in [5.74, 6) is -0.136. The van der Waals surface area contributed by atoms with Gasteiger partial charge in [-0.15, -0.1) is 0 Å². The van der Waals surface area contributed by atoms with E-state index >= 15 is 0 Å². The molecule has 0 aromatic heterocycles. The van der Waals surface area contributed by atoms with E-state index < -0.39 is 11.0 Å². The van der Waals surface area contributed by atoms with E-state index in [9.17, 15) is 15.2 Å². The number of hydrogen-bond donors (Lipinski definition) is 1. The second-order valence-electron chi connectivity index (χ2n) is 5.83. The van der Waals surface area contributed by atoms with Crippen molar-refractivity contribution < 1.29 is 9.90 Å². The lowest BCUT2D eigenvalue weighted by Gasteiger charge is -2.34. The van der Waals surface area contributed by atoms with Crippen LogP contribution in [0.3, 0.4) is 0 Å². The fraction of sp³-hybridized carbons (Fsp3) is 0.867. The molecule has 1 N–H and O–H groups in total. The fourth-order valence-electron chi connectivity index (χ4n) is 2.45. The first-order valence-corrected chi connectivity index (χ1v) is 7.19. The van der Waals surface area contributed by atoms with Crippen molar-refractivity contribution in [1.82, 2.24) is 4.90 Å². The Kier molecular flexibility index (Phi) is 7.07. The molecule has 110 valence electrons. The zero-order chi connectivity index (χ0) is 15.1. The number of rotatable bonds is 8. The van der Waals surface area contributed by atoms with Crippen LogP contribution in [0.1, 0.15) is 60.3 Å². The van der Waals surface area contributed by atoms with Gasteiger partial charge < -0.3 is 10.0 Å². The molecular weight excluding hydrogens is 240 g/mol. The summed E-state index contributed by atoms with van der Waals surface area (Å²) in [4.78, 5) is 14.3. The van der Waals surface area contributed by atoms with E-state index in [0.29, 0.717) is 19.4 Å². The lowest BCUT2D eigenvalue weighted by Crippen LogP contribution is -2.48. The van der Waals surface area contributed by atoms with Gasteiger partial charge in [0.05, 0.1) is 11.7 Å². The lowest BCUT2D eigenvalue weighted by atomic mass is 9.79. The van der Waals surface area contributed by atoms with Gasteiger partial charge in [0.1, 0.15) is 5.41 Å². The first-order chi connectivity index (χ1) is 8.76. The molecule has 0 fully saturated rings. The minimum Gasteiger partial charge on any atom is -0.389 e. The third kappa shape index (κ3) is 5.20. The maximum Gasteiger partial charge on any atom is 0.243 e. The zero-order valence-electron chi connectivity index (χ0n) is 13.0. The Bertz CT molecular complexity index is 320. The van der Waals surface area contributed by atoms with E-state index in [-0.39, 0.29) is 12.5 Å². The number of carbonyl (C=O) groups excluding carboxylic acids is 1. The summed E-state index contributed by atoms with van der Waals surface area (Å²) >= 11 is 0. The van der Waals surface area contributed by atoms with E-state index in [1.54, 1.807) is 18.7 Å². The Morgan fingerprint density at radius 2 is 1.68 bits per heavy atom. The minimum atomic E-state index is -0.939. The maximum absolute atomic E-state index is 12.7. The number of amides is 1. The van der Waals surface area contributed by atoms with Crippen LogP contribution < -0.4 is 0 Å². The second kappa shape index (κ2) is 7.49. The summed E-state index contributed by atoms with van der Waals surface area (Å²) < 4.78 is 0. The lowest BCUT2D eigenvalue weighted by molar-refractivity contribution is -0.142. The quantitative estimate of drug-likeness (QED) is 0.736. The third-order valence-electron chi connectivity index (χ3n) is 3.22. The van der Waals surface area contributed by atoms with Gasteiger partial charge in [-0.1, -0.05) is 26.7 Å². The van der Waals surface area contributed by atoms with E-state index in [1.165, 1.54) is 0 Å². The van der Waals surface area contributed by atoms with Gasteiger partial charge in [-0.05, 0) is 33.6 Å². The Hall–Kier alpha value is -1.08. The zero-order valence-corrected chi connectivity index (χ0v) is 13.0. The van der Waals surface area contributed by atoms with Crippen LogP contribution in [0.5, 0.6) is 0 Å². The van der Waals surface area contributed by atoms with Crippen LogP contribution in [0.25, 0.3) is 0 Å². The molecular formula is C15H28N2O2. The highest BCUT2D eigenvalue weighted by Crippen LogP contribution is 2.32. The molecule has 0 aliphatic rings. The predicted octanol–water partition coefficient (Wildman–Crippen LogP) is 2.72. The van der Waals surface area contributed by atoms with Crippen molar-refractivity contribution in [2.75, 3.05) is 13.1 Å². The van der Waals surface area contributed by atoms with E-state index in [1.807, 2.05) is 20.8 Å². The van der Waals surface area contributed by atoms with Crippen molar-refractivity contribution in [2.45, 2.75) is 65.9 Å². The highest BCUT2D eigenvalue weighted by molar-refractivity contribution is 5.85. The van der Waals surface area contributed by atoms with Crippen LogP contribution in [0.15, 0.2) is 0 Å². The van der Waals surface area contributed by atoms with Crippen LogP contribution in [-0.4, -0.2) is 34.6 Å². The molecule has 4 heteroatoms. The highest BCUT2D eigenvalue weighted by atomic mass is 16.3. The molecule has 0 atom stereocenters. The summed E-state index contributed by atoms with van der Waals surface area (Å²) in [5.41, 5.74) is -1.87. The monoisotopic (exact) mass is 268 g/mol. The molecule has 0 heterocycles. The summed E-state index contributed by atoms with van der Waals surface area (Å²) in [7, 11) is 0. The summed E-state index contributed by atoms with van der Waals surface area (Å²) in [6.07, 6.45) is 2.77. The number of aliphatic hydroxyl groups is 1. The molecule has 0 spiro atoms. The number of carbonyl (C=O) groups is 1.